The Labute approximate surface area is 169 Å². The molecule has 1 heterocycles. The molecule has 0 spiro atoms. The number of nitrogens with two attached hydrogens (primary N) is 1. The second kappa shape index (κ2) is 9.09. The highest BCUT2D eigenvalue weighted by Crippen LogP contribution is 2.29. The molecule has 3 N–H and O–H groups in total. The molecule has 0 atom stereocenters. The molecule has 29 heavy (non-hydrogen) atoms. The van der Waals surface area contributed by atoms with E-state index in [0.29, 0.717) is 18.8 Å². The van der Waals surface area contributed by atoms with Gasteiger partial charge in [0.1, 0.15) is 0 Å². The van der Waals surface area contributed by atoms with Crippen molar-refractivity contribution in [1.82, 2.24) is 25.5 Å². The third-order valence-corrected chi connectivity index (χ3v) is 4.45. The second-order valence-electron chi connectivity index (χ2n) is 7.31. The number of benzene rings is 2. The molecule has 0 aliphatic rings. The van der Waals surface area contributed by atoms with Crippen LogP contribution in [0.3, 0.4) is 0 Å². The van der Waals surface area contributed by atoms with Gasteiger partial charge in [0.25, 0.3) is 0 Å². The molecule has 3 rings (SSSR count). The van der Waals surface area contributed by atoms with Crippen molar-refractivity contribution in [1.29, 1.82) is 0 Å². The van der Waals surface area contributed by atoms with Gasteiger partial charge in [-0.15, -0.1) is 5.10 Å². The van der Waals surface area contributed by atoms with E-state index < -0.39 is 5.91 Å². The topological polar surface area (TPSA) is 118 Å². The zero-order valence-corrected chi connectivity index (χ0v) is 16.5. The van der Waals surface area contributed by atoms with Crippen molar-refractivity contribution in [2.75, 3.05) is 6.54 Å². The Bertz CT molecular complexity index is 967. The number of carbonyl (C=O) groups is 2. The van der Waals surface area contributed by atoms with Gasteiger partial charge in [0.05, 0.1) is 6.54 Å². The molecule has 0 aliphatic heterocycles. The predicted octanol–water partition coefficient (Wildman–Crippen LogP) is 2.39. The van der Waals surface area contributed by atoms with Crippen LogP contribution < -0.4 is 5.73 Å². The quantitative estimate of drug-likeness (QED) is 0.610. The van der Waals surface area contributed by atoms with Gasteiger partial charge in [-0.2, -0.15) is 0 Å². The summed E-state index contributed by atoms with van der Waals surface area (Å²) in [4.78, 5) is 25.3. The number of hydrogen-bond acceptors (Lipinski definition) is 5. The van der Waals surface area contributed by atoms with Crippen molar-refractivity contribution in [3.05, 3.63) is 54.1 Å². The second-order valence-corrected chi connectivity index (χ2v) is 7.31. The molecule has 0 radical (unpaired) electrons. The van der Waals surface area contributed by atoms with Crippen LogP contribution in [0.4, 0.5) is 0 Å². The average molecular weight is 392 g/mol. The fraction of sp³-hybridized carbons (Fsp3) is 0.286. The van der Waals surface area contributed by atoms with Crippen molar-refractivity contribution >= 4 is 11.8 Å². The van der Waals surface area contributed by atoms with Crippen LogP contribution in [0.25, 0.3) is 22.5 Å². The van der Waals surface area contributed by atoms with E-state index >= 15 is 0 Å². The van der Waals surface area contributed by atoms with Gasteiger partial charge in [-0.1, -0.05) is 62.4 Å². The molecular weight excluding hydrogens is 368 g/mol. The molecule has 0 saturated heterocycles. The summed E-state index contributed by atoms with van der Waals surface area (Å²) in [6, 6.07) is 15.7. The van der Waals surface area contributed by atoms with E-state index in [1.807, 2.05) is 62.4 Å². The van der Waals surface area contributed by atoms with E-state index in [0.717, 1.165) is 22.3 Å². The lowest BCUT2D eigenvalue weighted by molar-refractivity contribution is -0.136. The first-order valence-electron chi connectivity index (χ1n) is 9.42. The summed E-state index contributed by atoms with van der Waals surface area (Å²) >= 11 is 0. The molecule has 2 amide bonds. The van der Waals surface area contributed by atoms with Crippen molar-refractivity contribution in [2.45, 2.75) is 26.8 Å². The highest BCUT2D eigenvalue weighted by atomic mass is 16.2. The number of nitrogens with one attached hydrogen (secondary N) is 1. The lowest BCUT2D eigenvalue weighted by Crippen LogP contribution is -2.38. The first kappa shape index (κ1) is 20.2. The van der Waals surface area contributed by atoms with Gasteiger partial charge in [-0.3, -0.25) is 9.59 Å². The van der Waals surface area contributed by atoms with Crippen LogP contribution in [0.5, 0.6) is 0 Å². The minimum Gasteiger partial charge on any atom is -0.368 e. The average Bonchev–Trinajstić information content (AvgIpc) is 3.22. The summed E-state index contributed by atoms with van der Waals surface area (Å²) in [5, 5.41) is 14.1. The number of hydrogen-bond donors (Lipinski definition) is 2. The number of H-pyrrole nitrogens is 1. The molecule has 0 saturated carbocycles. The molecule has 150 valence electrons. The molecule has 2 aromatic carbocycles. The number of aromatic nitrogens is 4. The lowest BCUT2D eigenvalue weighted by Gasteiger charge is -2.22. The molecular formula is C21H24N6O2. The molecule has 8 heteroatoms. The van der Waals surface area contributed by atoms with Gasteiger partial charge in [0.15, 0.2) is 5.82 Å². The first-order valence-corrected chi connectivity index (χ1v) is 9.42. The Morgan fingerprint density at radius 3 is 2.34 bits per heavy atom. The van der Waals surface area contributed by atoms with E-state index in [1.54, 1.807) is 0 Å². The van der Waals surface area contributed by atoms with Gasteiger partial charge in [0.2, 0.25) is 11.8 Å². The Morgan fingerprint density at radius 2 is 1.76 bits per heavy atom. The third-order valence-electron chi connectivity index (χ3n) is 4.45. The van der Waals surface area contributed by atoms with Crippen LogP contribution in [0.15, 0.2) is 48.5 Å². The number of aromatic amines is 1. The first-order chi connectivity index (χ1) is 13.9. The minimum absolute atomic E-state index is 0.0777. The number of carbonyl (C=O) groups excluding carboxylic acids is 2. The van der Waals surface area contributed by atoms with E-state index in [2.05, 4.69) is 20.6 Å². The van der Waals surface area contributed by atoms with Crippen LogP contribution in [0, 0.1) is 5.92 Å². The summed E-state index contributed by atoms with van der Waals surface area (Å²) in [7, 11) is 0. The monoisotopic (exact) mass is 392 g/mol. The van der Waals surface area contributed by atoms with Gasteiger partial charge >= 0.3 is 0 Å². The van der Waals surface area contributed by atoms with Crippen molar-refractivity contribution in [3.8, 4) is 22.5 Å². The van der Waals surface area contributed by atoms with Crippen LogP contribution in [0.1, 0.15) is 25.8 Å². The number of rotatable bonds is 8. The normalized spacial score (nSPS) is 10.9. The smallest absolute Gasteiger partial charge is 0.237 e. The van der Waals surface area contributed by atoms with Crippen molar-refractivity contribution in [3.63, 3.8) is 0 Å². The van der Waals surface area contributed by atoms with Gasteiger partial charge in [-0.25, -0.2) is 5.10 Å². The lowest BCUT2D eigenvalue weighted by atomic mass is 9.98. The molecule has 0 fully saturated rings. The van der Waals surface area contributed by atoms with Crippen LogP contribution >= 0.6 is 0 Å². The van der Waals surface area contributed by atoms with Crippen LogP contribution in [-0.2, 0) is 16.1 Å². The standard InChI is InChI=1S/C21H24N6O2/c1-14(2)11-20(29)27(13-19(22)28)12-15-7-9-16(10-8-15)17-5-3-4-6-18(17)21-23-25-26-24-21/h3-10,14H,11-13H2,1-2H3,(H2,22,28)(H,23,24,25,26). The van der Waals surface area contributed by atoms with Crippen molar-refractivity contribution < 1.29 is 9.59 Å². The number of primary amides is 1. The maximum atomic E-state index is 12.5. The predicted molar refractivity (Wildman–Crippen MR) is 109 cm³/mol. The molecule has 0 aliphatic carbocycles. The number of tetrazole rings is 1. The highest BCUT2D eigenvalue weighted by molar-refractivity contribution is 5.84. The van der Waals surface area contributed by atoms with Gasteiger partial charge in [-0.05, 0) is 33.0 Å². The summed E-state index contributed by atoms with van der Waals surface area (Å²) in [5.41, 5.74) is 9.13. The maximum Gasteiger partial charge on any atom is 0.237 e. The maximum absolute atomic E-state index is 12.5. The SMILES string of the molecule is CC(C)CC(=O)N(CC(N)=O)Cc1ccc(-c2ccccc2-c2nnn[nH]2)cc1. The van der Waals surface area contributed by atoms with Gasteiger partial charge in [0, 0.05) is 18.5 Å². The Kier molecular flexibility index (Phi) is 6.33. The van der Waals surface area contributed by atoms with Crippen LogP contribution in [0.2, 0.25) is 0 Å². The summed E-state index contributed by atoms with van der Waals surface area (Å²) < 4.78 is 0. The minimum atomic E-state index is -0.520. The summed E-state index contributed by atoms with van der Waals surface area (Å²) in [6.45, 7) is 4.18. The summed E-state index contributed by atoms with van der Waals surface area (Å²) in [6.07, 6.45) is 0.379. The molecule has 3 aromatic rings. The molecule has 0 unspecified atom stereocenters. The fourth-order valence-electron chi connectivity index (χ4n) is 3.12. The van der Waals surface area contributed by atoms with E-state index in [1.165, 1.54) is 4.90 Å². The van der Waals surface area contributed by atoms with Crippen molar-refractivity contribution in [2.24, 2.45) is 11.7 Å². The largest absolute Gasteiger partial charge is 0.368 e. The Hall–Kier alpha value is -3.55. The fourth-order valence-corrected chi connectivity index (χ4v) is 3.12. The molecule has 8 nitrogen and oxygen atoms in total. The molecule has 1 aromatic heterocycles. The summed E-state index contributed by atoms with van der Waals surface area (Å²) in [5.74, 6) is 0.207. The Balaban J connectivity index is 1.81. The van der Waals surface area contributed by atoms with E-state index in [4.69, 9.17) is 5.73 Å². The Morgan fingerprint density at radius 1 is 1.07 bits per heavy atom. The zero-order chi connectivity index (χ0) is 20.8. The number of nitrogens with zero attached hydrogens (tertiary/aromatic N) is 4. The van der Waals surface area contributed by atoms with E-state index in [-0.39, 0.29) is 18.4 Å². The zero-order valence-electron chi connectivity index (χ0n) is 16.5. The van der Waals surface area contributed by atoms with Gasteiger partial charge < -0.3 is 10.6 Å². The third kappa shape index (κ3) is 5.25. The molecule has 0 bridgehead atoms. The van der Waals surface area contributed by atoms with E-state index in [9.17, 15) is 9.59 Å². The number of amides is 2. The van der Waals surface area contributed by atoms with Crippen LogP contribution in [-0.4, -0.2) is 43.9 Å². The highest BCUT2D eigenvalue weighted by Gasteiger charge is 2.17.